The quantitative estimate of drug-likeness (QED) is 0.567. The summed E-state index contributed by atoms with van der Waals surface area (Å²) in [5.74, 6) is 0. The van der Waals surface area contributed by atoms with Gasteiger partial charge in [0.1, 0.15) is 6.54 Å². The van der Waals surface area contributed by atoms with Gasteiger partial charge in [-0.25, -0.2) is 0 Å². The van der Waals surface area contributed by atoms with Gasteiger partial charge in [0.2, 0.25) is 0 Å². The van der Waals surface area contributed by atoms with E-state index in [1.54, 1.807) is 0 Å². The lowest BCUT2D eigenvalue weighted by Gasteiger charge is -2.28. The maximum absolute atomic E-state index is 3.77. The molecule has 0 bridgehead atoms. The van der Waals surface area contributed by atoms with Crippen LogP contribution in [0.15, 0.2) is 43.0 Å². The van der Waals surface area contributed by atoms with Gasteiger partial charge < -0.3 is 4.48 Å². The van der Waals surface area contributed by atoms with E-state index in [1.807, 2.05) is 6.08 Å². The van der Waals surface area contributed by atoms with Gasteiger partial charge >= 0.3 is 0 Å². The van der Waals surface area contributed by atoms with Crippen LogP contribution < -0.4 is 0 Å². The average molecular weight is 249 g/mol. The number of halogens is 2. The summed E-state index contributed by atoms with van der Waals surface area (Å²) in [6.45, 7) is 5.84. The van der Waals surface area contributed by atoms with Gasteiger partial charge in [-0.2, -0.15) is 0 Å². The Hall–Kier alpha value is -0.500. The fraction of sp³-hybridized carbons (Fsp3) is 0.333. The zero-order chi connectivity index (χ0) is 9.73. The Morgan fingerprint density at radius 3 is 2.13 bits per heavy atom. The summed E-state index contributed by atoms with van der Waals surface area (Å²) in [5.41, 5.74) is 1.38. The maximum Gasteiger partial charge on any atom is 0.104 e. The van der Waals surface area contributed by atoms with Crippen molar-refractivity contribution in [2.45, 2.75) is 6.54 Å². The standard InChI is InChI=1S/C12H18N.2ClH/c1-4-10-13(2,3)11-12-8-6-5-7-9-12;;/h4-9H,1,10-11H2,2-3H3;2*1H/q+1;;. The van der Waals surface area contributed by atoms with Crippen molar-refractivity contribution in [1.29, 1.82) is 0 Å². The molecule has 1 nitrogen and oxygen atoms in total. The second-order valence-corrected chi connectivity index (χ2v) is 4.05. The Morgan fingerprint density at radius 2 is 1.67 bits per heavy atom. The Morgan fingerprint density at radius 1 is 1.13 bits per heavy atom. The summed E-state index contributed by atoms with van der Waals surface area (Å²) in [7, 11) is 4.43. The zero-order valence-electron chi connectivity index (χ0n) is 9.35. The third-order valence-corrected chi connectivity index (χ3v) is 2.08. The first-order valence-electron chi connectivity index (χ1n) is 4.61. The van der Waals surface area contributed by atoms with E-state index in [2.05, 4.69) is 51.0 Å². The van der Waals surface area contributed by atoms with E-state index in [9.17, 15) is 0 Å². The molecular weight excluding hydrogens is 229 g/mol. The third-order valence-electron chi connectivity index (χ3n) is 2.08. The van der Waals surface area contributed by atoms with Crippen molar-refractivity contribution >= 4 is 24.8 Å². The lowest BCUT2D eigenvalue weighted by Crippen LogP contribution is -2.38. The number of benzene rings is 1. The molecule has 1 aromatic carbocycles. The van der Waals surface area contributed by atoms with Crippen LogP contribution in [0.2, 0.25) is 0 Å². The van der Waals surface area contributed by atoms with Crippen molar-refractivity contribution in [2.24, 2.45) is 0 Å². The molecule has 0 fully saturated rings. The predicted octanol–water partition coefficient (Wildman–Crippen LogP) is 3.29. The highest BCUT2D eigenvalue weighted by Gasteiger charge is 2.12. The second-order valence-electron chi connectivity index (χ2n) is 4.05. The molecule has 0 heterocycles. The largest absolute Gasteiger partial charge is 0.321 e. The number of rotatable bonds is 4. The molecule has 3 heteroatoms. The van der Waals surface area contributed by atoms with E-state index >= 15 is 0 Å². The Balaban J connectivity index is 0. The first kappa shape index (κ1) is 16.9. The Kier molecular flexibility index (Phi) is 8.74. The molecule has 1 rings (SSSR count). The molecule has 0 radical (unpaired) electrons. The fourth-order valence-corrected chi connectivity index (χ4v) is 1.49. The van der Waals surface area contributed by atoms with Crippen LogP contribution in [-0.4, -0.2) is 25.1 Å². The van der Waals surface area contributed by atoms with Crippen molar-refractivity contribution in [3.8, 4) is 0 Å². The summed E-state index contributed by atoms with van der Waals surface area (Å²) < 4.78 is 0.966. The molecule has 15 heavy (non-hydrogen) atoms. The Labute approximate surface area is 105 Å². The fourth-order valence-electron chi connectivity index (χ4n) is 1.49. The molecule has 0 atom stereocenters. The molecule has 86 valence electrons. The van der Waals surface area contributed by atoms with E-state index in [0.29, 0.717) is 0 Å². The van der Waals surface area contributed by atoms with Crippen LogP contribution in [0.3, 0.4) is 0 Å². The minimum absolute atomic E-state index is 0. The van der Waals surface area contributed by atoms with E-state index in [4.69, 9.17) is 0 Å². The van der Waals surface area contributed by atoms with Gasteiger partial charge in [-0.05, 0) is 6.08 Å². The lowest BCUT2D eigenvalue weighted by atomic mass is 10.2. The minimum Gasteiger partial charge on any atom is -0.321 e. The number of hydrogen-bond donors (Lipinski definition) is 0. The van der Waals surface area contributed by atoms with Crippen molar-refractivity contribution in [3.05, 3.63) is 48.6 Å². The lowest BCUT2D eigenvalue weighted by molar-refractivity contribution is -0.897. The van der Waals surface area contributed by atoms with Gasteiger partial charge in [0.15, 0.2) is 0 Å². The molecule has 0 aliphatic heterocycles. The van der Waals surface area contributed by atoms with Crippen LogP contribution >= 0.6 is 24.8 Å². The van der Waals surface area contributed by atoms with Crippen LogP contribution in [0, 0.1) is 0 Å². The van der Waals surface area contributed by atoms with Gasteiger partial charge in [0, 0.05) is 5.56 Å². The van der Waals surface area contributed by atoms with Crippen LogP contribution in [0.5, 0.6) is 0 Å². The molecule has 0 saturated carbocycles. The normalized spacial score (nSPS) is 9.73. The van der Waals surface area contributed by atoms with Crippen LogP contribution in [0.1, 0.15) is 5.56 Å². The number of nitrogens with zero attached hydrogens (tertiary/aromatic N) is 1. The van der Waals surface area contributed by atoms with Crippen LogP contribution in [0.25, 0.3) is 0 Å². The summed E-state index contributed by atoms with van der Waals surface area (Å²) >= 11 is 0. The number of hydrogen-bond acceptors (Lipinski definition) is 0. The molecular formula is C12H20Cl2N+. The molecule has 0 spiro atoms. The van der Waals surface area contributed by atoms with Gasteiger partial charge in [0.25, 0.3) is 0 Å². The summed E-state index contributed by atoms with van der Waals surface area (Å²) in [4.78, 5) is 0. The van der Waals surface area contributed by atoms with Gasteiger partial charge in [-0.3, -0.25) is 0 Å². The van der Waals surface area contributed by atoms with Crippen molar-refractivity contribution in [3.63, 3.8) is 0 Å². The Bertz CT molecular complexity index is 270. The molecule has 0 aliphatic rings. The monoisotopic (exact) mass is 248 g/mol. The third kappa shape index (κ3) is 6.56. The molecule has 0 saturated heterocycles. The summed E-state index contributed by atoms with van der Waals surface area (Å²) in [5, 5.41) is 0. The first-order chi connectivity index (χ1) is 6.14. The highest BCUT2D eigenvalue weighted by molar-refractivity contribution is 5.85. The zero-order valence-corrected chi connectivity index (χ0v) is 11.0. The smallest absolute Gasteiger partial charge is 0.104 e. The topological polar surface area (TPSA) is 0 Å². The van der Waals surface area contributed by atoms with Gasteiger partial charge in [0.05, 0.1) is 20.6 Å². The van der Waals surface area contributed by atoms with Crippen LogP contribution in [0.4, 0.5) is 0 Å². The van der Waals surface area contributed by atoms with E-state index in [-0.39, 0.29) is 24.8 Å². The van der Waals surface area contributed by atoms with Crippen molar-refractivity contribution in [2.75, 3.05) is 20.6 Å². The molecule has 1 aromatic rings. The molecule has 0 amide bonds. The van der Waals surface area contributed by atoms with Gasteiger partial charge in [-0.1, -0.05) is 36.9 Å². The summed E-state index contributed by atoms with van der Waals surface area (Å²) in [6, 6.07) is 10.6. The number of quaternary nitrogens is 1. The van der Waals surface area contributed by atoms with E-state index in [0.717, 1.165) is 17.6 Å². The van der Waals surface area contributed by atoms with Crippen molar-refractivity contribution in [1.82, 2.24) is 0 Å². The van der Waals surface area contributed by atoms with Crippen molar-refractivity contribution < 1.29 is 4.48 Å². The first-order valence-corrected chi connectivity index (χ1v) is 4.61. The average Bonchev–Trinajstić information content (AvgIpc) is 2.04. The van der Waals surface area contributed by atoms with Crippen LogP contribution in [-0.2, 0) is 6.54 Å². The highest BCUT2D eigenvalue weighted by atomic mass is 35.5. The highest BCUT2D eigenvalue weighted by Crippen LogP contribution is 2.08. The molecule has 0 aliphatic carbocycles. The maximum atomic E-state index is 3.77. The molecule has 0 unspecified atom stereocenters. The molecule has 0 N–H and O–H groups in total. The minimum atomic E-state index is 0. The summed E-state index contributed by atoms with van der Waals surface area (Å²) in [6.07, 6.45) is 1.98. The second kappa shape index (κ2) is 7.75. The van der Waals surface area contributed by atoms with Gasteiger partial charge in [-0.15, -0.1) is 24.8 Å². The van der Waals surface area contributed by atoms with E-state index < -0.39 is 0 Å². The SMILES string of the molecule is C=CC[N+](C)(C)Cc1ccccc1.Cl.Cl. The number of likely N-dealkylation sites (N-methyl/N-ethyl adjacent to an activating group) is 1. The predicted molar refractivity (Wildman–Crippen MR) is 71.8 cm³/mol. The molecule has 0 aromatic heterocycles. The van der Waals surface area contributed by atoms with E-state index in [1.165, 1.54) is 5.56 Å².